The molecule has 3 rings (SSSR count). The molecule has 0 spiro atoms. The predicted molar refractivity (Wildman–Crippen MR) is 89.7 cm³/mol. The van der Waals surface area contributed by atoms with E-state index < -0.39 is 5.54 Å². The zero-order valence-electron chi connectivity index (χ0n) is 14.1. The van der Waals surface area contributed by atoms with Gasteiger partial charge in [-0.2, -0.15) is 5.26 Å². The van der Waals surface area contributed by atoms with Crippen molar-refractivity contribution in [1.82, 2.24) is 10.2 Å². The standard InChI is InChI=1S/C19H24FN3O/c1-19(13-21,16-4-5-16)22-18(24)12-23-10-8-15(9-11-23)14-2-6-17(20)7-3-14/h2-3,6-7,15-16H,4-5,8-12H2,1H3,(H,22,24). The molecule has 24 heavy (non-hydrogen) atoms. The summed E-state index contributed by atoms with van der Waals surface area (Å²) in [6.07, 6.45) is 3.98. The lowest BCUT2D eigenvalue weighted by Gasteiger charge is -2.32. The van der Waals surface area contributed by atoms with Gasteiger partial charge in [-0.25, -0.2) is 4.39 Å². The van der Waals surface area contributed by atoms with Crippen molar-refractivity contribution in [3.8, 4) is 6.07 Å². The van der Waals surface area contributed by atoms with Gasteiger partial charge < -0.3 is 5.32 Å². The molecule has 2 fully saturated rings. The van der Waals surface area contributed by atoms with Crippen LogP contribution < -0.4 is 5.32 Å². The molecule has 4 nitrogen and oxygen atoms in total. The smallest absolute Gasteiger partial charge is 0.235 e. The molecule has 0 aromatic heterocycles. The molecule has 1 saturated heterocycles. The van der Waals surface area contributed by atoms with Crippen LogP contribution in [0.2, 0.25) is 0 Å². The number of likely N-dealkylation sites (tertiary alicyclic amines) is 1. The highest BCUT2D eigenvalue weighted by Gasteiger charge is 2.43. The Morgan fingerprint density at radius 2 is 1.92 bits per heavy atom. The Morgan fingerprint density at radius 1 is 1.29 bits per heavy atom. The van der Waals surface area contributed by atoms with E-state index in [1.54, 1.807) is 0 Å². The molecule has 1 unspecified atom stereocenters. The number of hydrogen-bond acceptors (Lipinski definition) is 3. The van der Waals surface area contributed by atoms with E-state index in [-0.39, 0.29) is 11.7 Å². The van der Waals surface area contributed by atoms with Crippen LogP contribution in [0.1, 0.15) is 44.1 Å². The first-order valence-corrected chi connectivity index (χ1v) is 8.70. The Balaban J connectivity index is 1.47. The number of nitrogens with one attached hydrogen (secondary N) is 1. The summed E-state index contributed by atoms with van der Waals surface area (Å²) in [6, 6.07) is 8.99. The molecule has 1 aromatic rings. The van der Waals surface area contributed by atoms with Crippen LogP contribution in [-0.2, 0) is 4.79 Å². The summed E-state index contributed by atoms with van der Waals surface area (Å²) in [4.78, 5) is 14.4. The van der Waals surface area contributed by atoms with Gasteiger partial charge in [-0.1, -0.05) is 12.1 Å². The molecule has 1 N–H and O–H groups in total. The third kappa shape index (κ3) is 3.93. The quantitative estimate of drug-likeness (QED) is 0.904. The van der Waals surface area contributed by atoms with Crippen LogP contribution in [0.25, 0.3) is 0 Å². The molecular weight excluding hydrogens is 305 g/mol. The minimum Gasteiger partial charge on any atom is -0.337 e. The number of piperidine rings is 1. The zero-order valence-corrected chi connectivity index (χ0v) is 14.1. The highest BCUT2D eigenvalue weighted by Crippen LogP contribution is 2.39. The fourth-order valence-electron chi connectivity index (χ4n) is 3.57. The highest BCUT2D eigenvalue weighted by atomic mass is 19.1. The van der Waals surface area contributed by atoms with Crippen molar-refractivity contribution in [3.05, 3.63) is 35.6 Å². The SMILES string of the molecule is CC(C#N)(NC(=O)CN1CCC(c2ccc(F)cc2)CC1)C1CC1. The van der Waals surface area contributed by atoms with E-state index >= 15 is 0 Å². The number of nitrogens with zero attached hydrogens (tertiary/aromatic N) is 2. The van der Waals surface area contributed by atoms with Gasteiger partial charge in [-0.15, -0.1) is 0 Å². The van der Waals surface area contributed by atoms with E-state index in [4.69, 9.17) is 0 Å². The van der Waals surface area contributed by atoms with Gasteiger partial charge in [0.15, 0.2) is 0 Å². The number of benzene rings is 1. The second-order valence-corrected chi connectivity index (χ2v) is 7.24. The van der Waals surface area contributed by atoms with Crippen molar-refractivity contribution >= 4 is 5.91 Å². The van der Waals surface area contributed by atoms with Crippen molar-refractivity contribution in [1.29, 1.82) is 5.26 Å². The summed E-state index contributed by atoms with van der Waals surface area (Å²) in [5.74, 6) is 0.464. The summed E-state index contributed by atoms with van der Waals surface area (Å²) in [5.41, 5.74) is 0.454. The molecule has 0 bridgehead atoms. The molecule has 2 aliphatic rings. The maximum absolute atomic E-state index is 13.0. The average Bonchev–Trinajstić information content (AvgIpc) is 3.41. The minimum absolute atomic E-state index is 0.0637. The van der Waals surface area contributed by atoms with Crippen molar-refractivity contribution in [2.24, 2.45) is 5.92 Å². The molecule has 1 amide bonds. The number of hydrogen-bond donors (Lipinski definition) is 1. The predicted octanol–water partition coefficient (Wildman–Crippen LogP) is 2.81. The fraction of sp³-hybridized carbons (Fsp3) is 0.579. The van der Waals surface area contributed by atoms with Gasteiger partial charge in [0.1, 0.15) is 11.4 Å². The number of amides is 1. The van der Waals surface area contributed by atoms with Gasteiger partial charge >= 0.3 is 0 Å². The molecule has 128 valence electrons. The van der Waals surface area contributed by atoms with E-state index in [1.165, 1.54) is 17.7 Å². The van der Waals surface area contributed by atoms with Crippen molar-refractivity contribution in [3.63, 3.8) is 0 Å². The first kappa shape index (κ1) is 16.9. The van der Waals surface area contributed by atoms with Crippen LogP contribution in [0.3, 0.4) is 0 Å². The topological polar surface area (TPSA) is 56.1 Å². The third-order valence-electron chi connectivity index (χ3n) is 5.32. The van der Waals surface area contributed by atoms with Gasteiger partial charge in [-0.3, -0.25) is 9.69 Å². The summed E-state index contributed by atoms with van der Waals surface area (Å²) in [5, 5.41) is 12.2. The normalized spacial score (nSPS) is 21.7. The molecule has 1 atom stereocenters. The second kappa shape index (κ2) is 6.90. The molecule has 0 radical (unpaired) electrons. The number of rotatable bonds is 5. The number of carbonyl (C=O) groups excluding carboxylic acids is 1. The summed E-state index contributed by atoms with van der Waals surface area (Å²) >= 11 is 0. The molecule has 1 saturated carbocycles. The number of carbonyl (C=O) groups is 1. The van der Waals surface area contributed by atoms with Gasteiger partial charge in [0.25, 0.3) is 0 Å². The Kier molecular flexibility index (Phi) is 4.86. The number of nitriles is 1. The Morgan fingerprint density at radius 3 is 2.46 bits per heavy atom. The zero-order chi connectivity index (χ0) is 17.2. The van der Waals surface area contributed by atoms with Gasteiger partial charge in [-0.05, 0) is 75.2 Å². The Bertz CT molecular complexity index is 627. The molecule has 1 heterocycles. The van der Waals surface area contributed by atoms with Gasteiger partial charge in [0, 0.05) is 0 Å². The molecule has 1 aliphatic heterocycles. The molecule has 1 aliphatic carbocycles. The Hall–Kier alpha value is -1.93. The van der Waals surface area contributed by atoms with Crippen LogP contribution in [0.15, 0.2) is 24.3 Å². The first-order chi connectivity index (χ1) is 11.5. The summed E-state index contributed by atoms with van der Waals surface area (Å²) in [7, 11) is 0. The van der Waals surface area contributed by atoms with E-state index in [0.29, 0.717) is 18.4 Å². The van der Waals surface area contributed by atoms with E-state index in [1.807, 2.05) is 19.1 Å². The van der Waals surface area contributed by atoms with E-state index in [0.717, 1.165) is 38.8 Å². The van der Waals surface area contributed by atoms with Crippen molar-refractivity contribution < 1.29 is 9.18 Å². The maximum atomic E-state index is 13.0. The van der Waals surface area contributed by atoms with E-state index in [2.05, 4.69) is 16.3 Å². The maximum Gasteiger partial charge on any atom is 0.235 e. The van der Waals surface area contributed by atoms with Crippen LogP contribution in [0, 0.1) is 23.1 Å². The van der Waals surface area contributed by atoms with Crippen LogP contribution in [0.4, 0.5) is 4.39 Å². The lowest BCUT2D eigenvalue weighted by Crippen LogP contribution is -2.51. The monoisotopic (exact) mass is 329 g/mol. The minimum atomic E-state index is -0.719. The summed E-state index contributed by atoms with van der Waals surface area (Å²) in [6.45, 7) is 3.87. The van der Waals surface area contributed by atoms with Crippen molar-refractivity contribution in [2.45, 2.75) is 44.1 Å². The summed E-state index contributed by atoms with van der Waals surface area (Å²) < 4.78 is 13.0. The largest absolute Gasteiger partial charge is 0.337 e. The highest BCUT2D eigenvalue weighted by molar-refractivity contribution is 5.79. The van der Waals surface area contributed by atoms with Gasteiger partial charge in [0.05, 0.1) is 12.6 Å². The number of halogens is 1. The molecule has 5 heteroatoms. The van der Waals surface area contributed by atoms with Crippen LogP contribution in [0.5, 0.6) is 0 Å². The fourth-order valence-corrected chi connectivity index (χ4v) is 3.57. The van der Waals surface area contributed by atoms with E-state index in [9.17, 15) is 14.4 Å². The van der Waals surface area contributed by atoms with Crippen molar-refractivity contribution in [2.75, 3.05) is 19.6 Å². The third-order valence-corrected chi connectivity index (χ3v) is 5.32. The van der Waals surface area contributed by atoms with Crippen LogP contribution in [-0.4, -0.2) is 36.0 Å². The Labute approximate surface area is 142 Å². The lowest BCUT2D eigenvalue weighted by molar-refractivity contribution is -0.123. The molecular formula is C19H24FN3O. The second-order valence-electron chi connectivity index (χ2n) is 7.24. The average molecular weight is 329 g/mol. The van der Waals surface area contributed by atoms with Gasteiger partial charge in [0.2, 0.25) is 5.91 Å². The van der Waals surface area contributed by atoms with Crippen LogP contribution >= 0.6 is 0 Å². The lowest BCUT2D eigenvalue weighted by atomic mass is 9.89. The first-order valence-electron chi connectivity index (χ1n) is 8.70. The molecule has 1 aromatic carbocycles.